The van der Waals surface area contributed by atoms with Crippen molar-refractivity contribution >= 4 is 11.4 Å². The molecule has 2 nitrogen and oxygen atoms in total. The molecule has 0 heterocycles. The fourth-order valence-corrected chi connectivity index (χ4v) is 1.42. The van der Waals surface area contributed by atoms with Gasteiger partial charge in [-0.05, 0) is 23.8 Å². The van der Waals surface area contributed by atoms with Gasteiger partial charge in [-0.15, -0.1) is 0 Å². The van der Waals surface area contributed by atoms with Crippen LogP contribution in [0.4, 0.5) is 11.4 Å². The summed E-state index contributed by atoms with van der Waals surface area (Å²) in [7, 11) is 0. The van der Waals surface area contributed by atoms with Crippen molar-refractivity contribution in [1.82, 2.24) is 0 Å². The monoisotopic (exact) mass is 184 g/mol. The van der Waals surface area contributed by atoms with Crippen LogP contribution in [-0.4, -0.2) is 0 Å². The molecule has 0 amide bonds. The number of nitrogen functional groups attached to an aromatic ring is 2. The average Bonchev–Trinajstić information content (AvgIpc) is 2.20. The smallest absolute Gasteiger partial charge is 0.0393 e. The lowest BCUT2D eigenvalue weighted by Crippen LogP contribution is -1.89. The van der Waals surface area contributed by atoms with Crippen LogP contribution in [0.15, 0.2) is 48.5 Å². The van der Waals surface area contributed by atoms with E-state index in [-0.39, 0.29) is 0 Å². The SMILES string of the molecule is Nc1ccc(-c2ccccc2N)cc1. The molecule has 0 bridgehead atoms. The molecule has 0 aliphatic carbocycles. The summed E-state index contributed by atoms with van der Waals surface area (Å²) in [6.45, 7) is 0. The zero-order valence-corrected chi connectivity index (χ0v) is 7.77. The van der Waals surface area contributed by atoms with E-state index < -0.39 is 0 Å². The first-order valence-corrected chi connectivity index (χ1v) is 4.48. The first-order valence-electron chi connectivity index (χ1n) is 4.48. The van der Waals surface area contributed by atoms with Crippen molar-refractivity contribution in [2.24, 2.45) is 0 Å². The summed E-state index contributed by atoms with van der Waals surface area (Å²) in [5.41, 5.74) is 15.2. The minimum atomic E-state index is 0.767. The third-order valence-corrected chi connectivity index (χ3v) is 2.18. The molecule has 0 saturated carbocycles. The van der Waals surface area contributed by atoms with Gasteiger partial charge in [-0.1, -0.05) is 30.3 Å². The number of benzene rings is 2. The highest BCUT2D eigenvalue weighted by molar-refractivity contribution is 5.76. The van der Waals surface area contributed by atoms with Crippen molar-refractivity contribution in [3.8, 4) is 11.1 Å². The van der Waals surface area contributed by atoms with E-state index in [1.807, 2.05) is 48.5 Å². The molecule has 0 spiro atoms. The molecule has 14 heavy (non-hydrogen) atoms. The fraction of sp³-hybridized carbons (Fsp3) is 0. The van der Waals surface area contributed by atoms with E-state index in [4.69, 9.17) is 11.5 Å². The minimum Gasteiger partial charge on any atom is -0.399 e. The third-order valence-electron chi connectivity index (χ3n) is 2.18. The Bertz CT molecular complexity index is 432. The Morgan fingerprint density at radius 2 is 1.36 bits per heavy atom. The van der Waals surface area contributed by atoms with Gasteiger partial charge in [0.1, 0.15) is 0 Å². The molecule has 0 unspecified atom stereocenters. The van der Waals surface area contributed by atoms with Crippen molar-refractivity contribution in [1.29, 1.82) is 0 Å². The average molecular weight is 184 g/mol. The molecule has 70 valence electrons. The topological polar surface area (TPSA) is 52.0 Å². The number of anilines is 2. The van der Waals surface area contributed by atoms with Gasteiger partial charge >= 0.3 is 0 Å². The molecule has 2 aromatic carbocycles. The highest BCUT2D eigenvalue weighted by Gasteiger charge is 1.99. The fourth-order valence-electron chi connectivity index (χ4n) is 1.42. The molecule has 0 atom stereocenters. The summed E-state index contributed by atoms with van der Waals surface area (Å²) < 4.78 is 0. The van der Waals surface area contributed by atoms with Crippen LogP contribution >= 0.6 is 0 Å². The third kappa shape index (κ3) is 1.55. The van der Waals surface area contributed by atoms with Crippen LogP contribution in [0, 0.1) is 0 Å². The van der Waals surface area contributed by atoms with Crippen LogP contribution in [0.2, 0.25) is 0 Å². The molecule has 2 aromatic rings. The quantitative estimate of drug-likeness (QED) is 0.669. The van der Waals surface area contributed by atoms with Crippen molar-refractivity contribution < 1.29 is 0 Å². The molecule has 2 heteroatoms. The Kier molecular flexibility index (Phi) is 2.11. The van der Waals surface area contributed by atoms with Crippen LogP contribution in [0.5, 0.6) is 0 Å². The summed E-state index contributed by atoms with van der Waals surface area (Å²) in [6, 6.07) is 15.5. The van der Waals surface area contributed by atoms with Gasteiger partial charge in [-0.25, -0.2) is 0 Å². The summed E-state index contributed by atoms with van der Waals surface area (Å²) in [4.78, 5) is 0. The van der Waals surface area contributed by atoms with Gasteiger partial charge in [-0.2, -0.15) is 0 Å². The van der Waals surface area contributed by atoms with Gasteiger partial charge in [0.15, 0.2) is 0 Å². The van der Waals surface area contributed by atoms with Crippen LogP contribution < -0.4 is 11.5 Å². The minimum absolute atomic E-state index is 0.767. The predicted molar refractivity (Wildman–Crippen MR) is 60.7 cm³/mol. The molecule has 0 fully saturated rings. The maximum Gasteiger partial charge on any atom is 0.0393 e. The van der Waals surface area contributed by atoms with Crippen LogP contribution in [-0.2, 0) is 0 Å². The zero-order valence-electron chi connectivity index (χ0n) is 7.77. The van der Waals surface area contributed by atoms with Crippen LogP contribution in [0.1, 0.15) is 0 Å². The van der Waals surface area contributed by atoms with Crippen molar-refractivity contribution in [3.05, 3.63) is 48.5 Å². The molecule has 0 aliphatic rings. The second kappa shape index (κ2) is 3.42. The number of para-hydroxylation sites is 1. The van der Waals surface area contributed by atoms with E-state index in [0.717, 1.165) is 22.5 Å². The lowest BCUT2D eigenvalue weighted by Gasteiger charge is -2.05. The summed E-state index contributed by atoms with van der Waals surface area (Å²) in [6.07, 6.45) is 0. The predicted octanol–water partition coefficient (Wildman–Crippen LogP) is 2.52. The molecule has 0 radical (unpaired) electrons. The van der Waals surface area contributed by atoms with E-state index in [2.05, 4.69) is 0 Å². The lowest BCUT2D eigenvalue weighted by molar-refractivity contribution is 1.60. The van der Waals surface area contributed by atoms with Gasteiger partial charge in [0.2, 0.25) is 0 Å². The van der Waals surface area contributed by atoms with Gasteiger partial charge in [0.25, 0.3) is 0 Å². The summed E-state index contributed by atoms with van der Waals surface area (Å²) in [5.74, 6) is 0. The summed E-state index contributed by atoms with van der Waals surface area (Å²) >= 11 is 0. The van der Waals surface area contributed by atoms with Crippen LogP contribution in [0.3, 0.4) is 0 Å². The highest BCUT2D eigenvalue weighted by atomic mass is 14.6. The Morgan fingerprint density at radius 3 is 2.00 bits per heavy atom. The van der Waals surface area contributed by atoms with Gasteiger partial charge in [0, 0.05) is 16.9 Å². The number of hydrogen-bond donors (Lipinski definition) is 2. The van der Waals surface area contributed by atoms with Crippen molar-refractivity contribution in [3.63, 3.8) is 0 Å². The lowest BCUT2D eigenvalue weighted by atomic mass is 10.0. The van der Waals surface area contributed by atoms with Crippen LogP contribution in [0.25, 0.3) is 11.1 Å². The molecule has 2 rings (SSSR count). The Balaban J connectivity index is 2.50. The molecule has 0 aliphatic heterocycles. The summed E-state index contributed by atoms with van der Waals surface area (Å²) in [5, 5.41) is 0. The van der Waals surface area contributed by atoms with Gasteiger partial charge in [0.05, 0.1) is 0 Å². The molecule has 0 saturated heterocycles. The van der Waals surface area contributed by atoms with Gasteiger partial charge in [-0.3, -0.25) is 0 Å². The molecule has 4 N–H and O–H groups in total. The molecular weight excluding hydrogens is 172 g/mol. The molecule has 0 aromatic heterocycles. The largest absolute Gasteiger partial charge is 0.399 e. The highest BCUT2D eigenvalue weighted by Crippen LogP contribution is 2.25. The van der Waals surface area contributed by atoms with E-state index in [9.17, 15) is 0 Å². The molecular formula is C12H12N2. The first kappa shape index (κ1) is 8.63. The number of hydrogen-bond acceptors (Lipinski definition) is 2. The Morgan fingerprint density at radius 1 is 0.714 bits per heavy atom. The van der Waals surface area contributed by atoms with Crippen molar-refractivity contribution in [2.75, 3.05) is 11.5 Å². The first-order chi connectivity index (χ1) is 6.77. The van der Waals surface area contributed by atoms with E-state index in [0.29, 0.717) is 0 Å². The van der Waals surface area contributed by atoms with E-state index >= 15 is 0 Å². The van der Waals surface area contributed by atoms with Gasteiger partial charge < -0.3 is 11.5 Å². The van der Waals surface area contributed by atoms with E-state index in [1.54, 1.807) is 0 Å². The normalized spacial score (nSPS) is 10.0. The second-order valence-corrected chi connectivity index (χ2v) is 3.21. The number of rotatable bonds is 1. The Hall–Kier alpha value is -1.96. The maximum atomic E-state index is 5.86. The standard InChI is InChI=1S/C12H12N2/c13-10-7-5-9(6-8-10)11-3-1-2-4-12(11)14/h1-8H,13-14H2. The number of nitrogens with two attached hydrogens (primary N) is 2. The Labute approximate surface area is 83.2 Å². The second-order valence-electron chi connectivity index (χ2n) is 3.21. The van der Waals surface area contributed by atoms with Crippen molar-refractivity contribution in [2.45, 2.75) is 0 Å². The maximum absolute atomic E-state index is 5.86. The zero-order chi connectivity index (χ0) is 9.97. The van der Waals surface area contributed by atoms with E-state index in [1.165, 1.54) is 0 Å².